The van der Waals surface area contributed by atoms with Gasteiger partial charge in [0, 0.05) is 13.1 Å². The molecule has 1 rings (SSSR count). The van der Waals surface area contributed by atoms with Crippen molar-refractivity contribution in [3.05, 3.63) is 35.4 Å². The maximum absolute atomic E-state index is 13.4. The molecule has 106 valence electrons. The topological polar surface area (TPSA) is 46.3 Å². The molecule has 0 aliphatic rings. The van der Waals surface area contributed by atoms with Crippen molar-refractivity contribution in [3.63, 3.8) is 0 Å². The van der Waals surface area contributed by atoms with Crippen molar-refractivity contribution < 1.29 is 26.7 Å². The van der Waals surface area contributed by atoms with Crippen LogP contribution in [0.3, 0.4) is 0 Å². The Morgan fingerprint density at radius 1 is 1.26 bits per heavy atom. The Hall–Kier alpha value is -1.70. The highest BCUT2D eigenvalue weighted by molar-refractivity contribution is 5.94. The average molecular weight is 282 g/mol. The van der Waals surface area contributed by atoms with E-state index >= 15 is 0 Å². The molecule has 0 fully saturated rings. The van der Waals surface area contributed by atoms with Crippen molar-refractivity contribution in [3.8, 4) is 0 Å². The summed E-state index contributed by atoms with van der Waals surface area (Å²) in [5.74, 6) is -4.03. The minimum Gasteiger partial charge on any atom is -0.329 e. The summed E-state index contributed by atoms with van der Waals surface area (Å²) >= 11 is 0. The number of hydrogen-bond acceptors (Lipinski definition) is 2. The highest BCUT2D eigenvalue weighted by Gasteiger charge is 2.33. The van der Waals surface area contributed by atoms with E-state index in [1.165, 1.54) is 0 Å². The summed E-state index contributed by atoms with van der Waals surface area (Å²) in [7, 11) is 0. The molecule has 0 radical (unpaired) electrons. The number of amides is 1. The molecule has 1 amide bonds. The van der Waals surface area contributed by atoms with E-state index in [2.05, 4.69) is 0 Å². The van der Waals surface area contributed by atoms with Gasteiger partial charge >= 0.3 is 6.18 Å². The number of hydrogen-bond donors (Lipinski definition) is 1. The molecule has 0 atom stereocenters. The minimum atomic E-state index is -4.64. The molecule has 2 N–H and O–H groups in total. The van der Waals surface area contributed by atoms with Crippen LogP contribution in [-0.4, -0.2) is 36.6 Å². The number of benzene rings is 1. The van der Waals surface area contributed by atoms with E-state index < -0.39 is 42.4 Å². The second-order valence-electron chi connectivity index (χ2n) is 3.73. The van der Waals surface area contributed by atoms with E-state index in [4.69, 9.17) is 5.73 Å². The molecule has 0 unspecified atom stereocenters. The van der Waals surface area contributed by atoms with Crippen molar-refractivity contribution >= 4 is 5.91 Å². The zero-order chi connectivity index (χ0) is 14.6. The van der Waals surface area contributed by atoms with Crippen LogP contribution < -0.4 is 5.73 Å². The fourth-order valence-electron chi connectivity index (χ4n) is 1.46. The Kier molecular flexibility index (Phi) is 4.82. The Balaban J connectivity index is 3.02. The Morgan fingerprint density at radius 3 is 2.42 bits per heavy atom. The highest BCUT2D eigenvalue weighted by atomic mass is 19.4. The zero-order valence-electron chi connectivity index (χ0n) is 9.68. The van der Waals surface area contributed by atoms with Crippen molar-refractivity contribution in [1.82, 2.24) is 4.90 Å². The lowest BCUT2D eigenvalue weighted by molar-refractivity contribution is -0.140. The molecule has 0 bridgehead atoms. The lowest BCUT2D eigenvalue weighted by Gasteiger charge is -2.23. The standard InChI is InChI=1S/C11H11F5N2O/c12-8-3-1-2-7(9(8)13)10(19)18(5-4-17)6-11(14,15)16/h1-3H,4-6,17H2. The molecule has 0 heterocycles. The lowest BCUT2D eigenvalue weighted by atomic mass is 10.1. The summed E-state index contributed by atoms with van der Waals surface area (Å²) in [6.07, 6.45) is -4.64. The molecule has 8 heteroatoms. The molecular weight excluding hydrogens is 271 g/mol. The number of carbonyl (C=O) groups excluding carboxylic acids is 1. The van der Waals surface area contributed by atoms with Gasteiger partial charge in [0.2, 0.25) is 0 Å². The number of alkyl halides is 3. The number of rotatable bonds is 4. The third-order valence-electron chi connectivity index (χ3n) is 2.24. The second-order valence-corrected chi connectivity index (χ2v) is 3.73. The molecular formula is C11H11F5N2O. The van der Waals surface area contributed by atoms with Crippen molar-refractivity contribution in [2.75, 3.05) is 19.6 Å². The number of carbonyl (C=O) groups is 1. The maximum Gasteiger partial charge on any atom is 0.406 e. The van der Waals surface area contributed by atoms with Gasteiger partial charge in [-0.2, -0.15) is 13.2 Å². The molecule has 0 saturated heterocycles. The molecule has 19 heavy (non-hydrogen) atoms. The van der Waals surface area contributed by atoms with Crippen LogP contribution in [0.4, 0.5) is 22.0 Å². The van der Waals surface area contributed by atoms with Gasteiger partial charge in [0.05, 0.1) is 5.56 Å². The van der Waals surface area contributed by atoms with Gasteiger partial charge in [0.25, 0.3) is 5.91 Å². The Bertz CT molecular complexity index is 461. The summed E-state index contributed by atoms with van der Waals surface area (Å²) in [4.78, 5) is 12.1. The van der Waals surface area contributed by atoms with E-state index in [0.717, 1.165) is 18.2 Å². The van der Waals surface area contributed by atoms with Gasteiger partial charge in [-0.05, 0) is 12.1 Å². The first-order valence-corrected chi connectivity index (χ1v) is 5.26. The summed E-state index contributed by atoms with van der Waals surface area (Å²) in [6.45, 7) is -2.20. The predicted molar refractivity (Wildman–Crippen MR) is 57.4 cm³/mol. The molecule has 0 aliphatic carbocycles. The van der Waals surface area contributed by atoms with Crippen LogP contribution >= 0.6 is 0 Å². The smallest absolute Gasteiger partial charge is 0.329 e. The van der Waals surface area contributed by atoms with Gasteiger partial charge in [0.1, 0.15) is 6.54 Å². The molecule has 3 nitrogen and oxygen atoms in total. The van der Waals surface area contributed by atoms with E-state index in [-0.39, 0.29) is 6.54 Å². The maximum atomic E-state index is 13.4. The van der Waals surface area contributed by atoms with Crippen molar-refractivity contribution in [2.24, 2.45) is 5.73 Å². The molecule has 0 spiro atoms. The number of nitrogens with two attached hydrogens (primary N) is 1. The Labute approximate surface area is 105 Å². The first kappa shape index (κ1) is 15.4. The van der Waals surface area contributed by atoms with E-state index in [1.54, 1.807) is 0 Å². The van der Waals surface area contributed by atoms with E-state index in [9.17, 15) is 26.7 Å². The van der Waals surface area contributed by atoms with Crippen LogP contribution in [-0.2, 0) is 0 Å². The summed E-state index contributed by atoms with van der Waals surface area (Å²) in [5.41, 5.74) is 4.35. The fourth-order valence-corrected chi connectivity index (χ4v) is 1.46. The molecule has 0 aliphatic heterocycles. The van der Waals surface area contributed by atoms with Gasteiger partial charge in [-0.25, -0.2) is 8.78 Å². The molecule has 1 aromatic carbocycles. The zero-order valence-corrected chi connectivity index (χ0v) is 9.68. The van der Waals surface area contributed by atoms with Crippen LogP contribution in [0.25, 0.3) is 0 Å². The van der Waals surface area contributed by atoms with Crippen molar-refractivity contribution in [1.29, 1.82) is 0 Å². The Morgan fingerprint density at radius 2 is 1.89 bits per heavy atom. The highest BCUT2D eigenvalue weighted by Crippen LogP contribution is 2.19. The van der Waals surface area contributed by atoms with E-state index in [0.29, 0.717) is 4.90 Å². The third kappa shape index (κ3) is 4.16. The van der Waals surface area contributed by atoms with Crippen LogP contribution in [0.5, 0.6) is 0 Å². The predicted octanol–water partition coefficient (Wildman–Crippen LogP) is 1.93. The molecule has 0 saturated carbocycles. The van der Waals surface area contributed by atoms with Gasteiger partial charge in [-0.3, -0.25) is 4.79 Å². The molecule has 0 aromatic heterocycles. The van der Waals surface area contributed by atoms with Gasteiger partial charge in [-0.1, -0.05) is 6.07 Å². The van der Waals surface area contributed by atoms with Crippen LogP contribution in [0.1, 0.15) is 10.4 Å². The first-order valence-electron chi connectivity index (χ1n) is 5.26. The lowest BCUT2D eigenvalue weighted by Crippen LogP contribution is -2.42. The summed E-state index contributed by atoms with van der Waals surface area (Å²) in [5, 5.41) is 0. The summed E-state index contributed by atoms with van der Waals surface area (Å²) in [6, 6.07) is 2.73. The van der Waals surface area contributed by atoms with Crippen LogP contribution in [0.15, 0.2) is 18.2 Å². The fraction of sp³-hybridized carbons (Fsp3) is 0.364. The third-order valence-corrected chi connectivity index (χ3v) is 2.24. The SMILES string of the molecule is NCCN(CC(F)(F)F)C(=O)c1cccc(F)c1F. The second kappa shape index (κ2) is 5.96. The van der Waals surface area contributed by atoms with Gasteiger partial charge in [-0.15, -0.1) is 0 Å². The van der Waals surface area contributed by atoms with Gasteiger partial charge < -0.3 is 10.6 Å². The van der Waals surface area contributed by atoms with Crippen molar-refractivity contribution in [2.45, 2.75) is 6.18 Å². The van der Waals surface area contributed by atoms with Crippen LogP contribution in [0.2, 0.25) is 0 Å². The quantitative estimate of drug-likeness (QED) is 0.858. The van der Waals surface area contributed by atoms with Gasteiger partial charge in [0.15, 0.2) is 11.6 Å². The minimum absolute atomic E-state index is 0.223. The van der Waals surface area contributed by atoms with E-state index in [1.807, 2.05) is 0 Å². The first-order chi connectivity index (χ1) is 8.76. The monoisotopic (exact) mass is 282 g/mol. The number of nitrogens with zero attached hydrogens (tertiary/aromatic N) is 1. The average Bonchev–Trinajstić information content (AvgIpc) is 2.30. The summed E-state index contributed by atoms with van der Waals surface area (Å²) < 4.78 is 63.1. The van der Waals surface area contributed by atoms with Crippen LogP contribution in [0, 0.1) is 11.6 Å². The normalized spacial score (nSPS) is 11.5. The number of halogens is 5. The largest absolute Gasteiger partial charge is 0.406 e. The molecule has 1 aromatic rings.